The van der Waals surface area contributed by atoms with E-state index in [4.69, 9.17) is 9.47 Å². The molecule has 0 spiro atoms. The molecule has 0 bridgehead atoms. The molecule has 0 fully saturated rings. The van der Waals surface area contributed by atoms with E-state index >= 15 is 0 Å². The van der Waals surface area contributed by atoms with Crippen molar-refractivity contribution in [1.29, 1.82) is 0 Å². The van der Waals surface area contributed by atoms with E-state index in [-0.39, 0.29) is 6.29 Å². The summed E-state index contributed by atoms with van der Waals surface area (Å²) in [6, 6.07) is 0. The Morgan fingerprint density at radius 3 is 2.11 bits per heavy atom. The maximum atomic E-state index is 5.52. The number of unbranched alkanes of at least 4 members (excludes halogenated alkanes) is 4. The average molecular weight is 321 g/mol. The lowest BCUT2D eigenvalue weighted by Gasteiger charge is -2.16. The minimum absolute atomic E-state index is 0.0128. The number of rotatable bonds is 13. The van der Waals surface area contributed by atoms with Crippen molar-refractivity contribution < 1.29 is 9.47 Å². The van der Waals surface area contributed by atoms with Gasteiger partial charge >= 0.3 is 0 Å². The maximum Gasteiger partial charge on any atom is 0.157 e. The van der Waals surface area contributed by atoms with E-state index < -0.39 is 0 Å². The van der Waals surface area contributed by atoms with Crippen LogP contribution in [0.5, 0.6) is 0 Å². The van der Waals surface area contributed by atoms with Crippen LogP contribution in [0.15, 0.2) is 12.2 Å². The predicted octanol–water partition coefficient (Wildman–Crippen LogP) is 5.07. The Balaban J connectivity index is 3.31. The van der Waals surface area contributed by atoms with E-state index in [1.54, 1.807) is 0 Å². The highest BCUT2D eigenvalue weighted by Crippen LogP contribution is 2.11. The first-order valence-electron chi connectivity index (χ1n) is 7.29. The van der Waals surface area contributed by atoms with Gasteiger partial charge in [-0.1, -0.05) is 40.9 Å². The molecule has 0 unspecified atom stereocenters. The summed E-state index contributed by atoms with van der Waals surface area (Å²) in [5.74, 6) is 0. The van der Waals surface area contributed by atoms with Crippen LogP contribution >= 0.6 is 15.9 Å². The SMILES string of the molecule is CCOC(CCCCCC/C=C\CCBr)OCC. The van der Waals surface area contributed by atoms with Gasteiger partial charge in [-0.3, -0.25) is 0 Å². The van der Waals surface area contributed by atoms with E-state index in [0.29, 0.717) is 0 Å². The number of hydrogen-bond donors (Lipinski definition) is 0. The third-order valence-electron chi connectivity index (χ3n) is 2.71. The Bertz CT molecular complexity index is 177. The van der Waals surface area contributed by atoms with Crippen LogP contribution in [0.3, 0.4) is 0 Å². The summed E-state index contributed by atoms with van der Waals surface area (Å²) in [6.45, 7) is 5.52. The van der Waals surface area contributed by atoms with Crippen molar-refractivity contribution >= 4 is 15.9 Å². The lowest BCUT2D eigenvalue weighted by atomic mass is 10.1. The summed E-state index contributed by atoms with van der Waals surface area (Å²) in [6.07, 6.45) is 13.0. The first-order valence-corrected chi connectivity index (χ1v) is 8.41. The first kappa shape index (κ1) is 18.1. The smallest absolute Gasteiger partial charge is 0.157 e. The molecule has 0 aliphatic carbocycles. The van der Waals surface area contributed by atoms with Crippen molar-refractivity contribution in [3.8, 4) is 0 Å². The number of alkyl halides is 1. The molecule has 0 aliphatic rings. The van der Waals surface area contributed by atoms with Crippen molar-refractivity contribution in [2.24, 2.45) is 0 Å². The molecule has 0 aromatic carbocycles. The number of halogens is 1. The van der Waals surface area contributed by atoms with Crippen LogP contribution in [0.1, 0.15) is 58.8 Å². The van der Waals surface area contributed by atoms with Gasteiger partial charge in [0, 0.05) is 18.5 Å². The standard InChI is InChI=1S/C15H29BrO2/c1-3-17-15(18-4-2)13-11-9-7-5-6-8-10-12-14-16/h8,10,15H,3-7,9,11-14H2,1-2H3/b10-8-. The number of allylic oxidation sites excluding steroid dienone is 2. The van der Waals surface area contributed by atoms with Crippen LogP contribution in [-0.4, -0.2) is 24.8 Å². The fourth-order valence-corrected chi connectivity index (χ4v) is 2.08. The number of hydrogen-bond acceptors (Lipinski definition) is 2. The van der Waals surface area contributed by atoms with Gasteiger partial charge in [-0.2, -0.15) is 0 Å². The third-order valence-corrected chi connectivity index (χ3v) is 3.17. The predicted molar refractivity (Wildman–Crippen MR) is 82.3 cm³/mol. The summed E-state index contributed by atoms with van der Waals surface area (Å²) in [5.41, 5.74) is 0. The lowest BCUT2D eigenvalue weighted by molar-refractivity contribution is -0.140. The van der Waals surface area contributed by atoms with Gasteiger partial charge in [0.15, 0.2) is 6.29 Å². The summed E-state index contributed by atoms with van der Waals surface area (Å²) in [4.78, 5) is 0. The Morgan fingerprint density at radius 1 is 0.889 bits per heavy atom. The molecule has 0 amide bonds. The van der Waals surface area contributed by atoms with Gasteiger partial charge in [0.25, 0.3) is 0 Å². The van der Waals surface area contributed by atoms with Crippen molar-refractivity contribution in [3.63, 3.8) is 0 Å². The lowest BCUT2D eigenvalue weighted by Crippen LogP contribution is -2.17. The fourth-order valence-electron chi connectivity index (χ4n) is 1.81. The maximum absolute atomic E-state index is 5.52. The molecule has 0 aliphatic heterocycles. The molecule has 0 radical (unpaired) electrons. The first-order chi connectivity index (χ1) is 8.85. The molecular weight excluding hydrogens is 292 g/mol. The molecule has 18 heavy (non-hydrogen) atoms. The van der Waals surface area contributed by atoms with E-state index in [2.05, 4.69) is 28.1 Å². The van der Waals surface area contributed by atoms with Crippen molar-refractivity contribution in [2.45, 2.75) is 65.1 Å². The summed E-state index contributed by atoms with van der Waals surface area (Å²) < 4.78 is 11.0. The molecule has 0 rings (SSSR count). The molecule has 0 heterocycles. The second-order valence-corrected chi connectivity index (χ2v) is 5.07. The molecule has 0 saturated carbocycles. The third kappa shape index (κ3) is 12.6. The summed E-state index contributed by atoms with van der Waals surface area (Å²) in [7, 11) is 0. The topological polar surface area (TPSA) is 18.5 Å². The van der Waals surface area contributed by atoms with Gasteiger partial charge < -0.3 is 9.47 Å². The van der Waals surface area contributed by atoms with Crippen LogP contribution in [0.2, 0.25) is 0 Å². The van der Waals surface area contributed by atoms with Gasteiger partial charge in [0.05, 0.1) is 0 Å². The molecule has 0 aromatic rings. The van der Waals surface area contributed by atoms with Crippen LogP contribution in [0.25, 0.3) is 0 Å². The van der Waals surface area contributed by atoms with Crippen LogP contribution in [0.4, 0.5) is 0 Å². The molecule has 108 valence electrons. The summed E-state index contributed by atoms with van der Waals surface area (Å²) >= 11 is 3.42. The van der Waals surface area contributed by atoms with Gasteiger partial charge in [-0.05, 0) is 46.0 Å². The van der Waals surface area contributed by atoms with Crippen molar-refractivity contribution in [3.05, 3.63) is 12.2 Å². The quantitative estimate of drug-likeness (QED) is 0.204. The number of ether oxygens (including phenoxy) is 2. The van der Waals surface area contributed by atoms with Gasteiger partial charge in [-0.15, -0.1) is 0 Å². The van der Waals surface area contributed by atoms with Crippen LogP contribution < -0.4 is 0 Å². The zero-order valence-electron chi connectivity index (χ0n) is 12.0. The minimum atomic E-state index is 0.0128. The highest BCUT2D eigenvalue weighted by Gasteiger charge is 2.06. The second kappa shape index (κ2) is 15.2. The molecule has 3 heteroatoms. The zero-order valence-corrected chi connectivity index (χ0v) is 13.6. The van der Waals surface area contributed by atoms with E-state index in [1.807, 2.05) is 13.8 Å². The van der Waals surface area contributed by atoms with Crippen molar-refractivity contribution in [2.75, 3.05) is 18.5 Å². The summed E-state index contributed by atoms with van der Waals surface area (Å²) in [5, 5.41) is 1.07. The van der Waals surface area contributed by atoms with Gasteiger partial charge in [0.1, 0.15) is 0 Å². The molecule has 0 N–H and O–H groups in total. The molecular formula is C15H29BrO2. The largest absolute Gasteiger partial charge is 0.353 e. The Labute approximate surface area is 121 Å². The normalized spacial score (nSPS) is 11.8. The van der Waals surface area contributed by atoms with E-state index in [0.717, 1.165) is 31.4 Å². The van der Waals surface area contributed by atoms with Gasteiger partial charge in [0.2, 0.25) is 0 Å². The molecule has 0 aromatic heterocycles. The molecule has 0 atom stereocenters. The minimum Gasteiger partial charge on any atom is -0.353 e. The van der Waals surface area contributed by atoms with Crippen LogP contribution in [0, 0.1) is 0 Å². The fraction of sp³-hybridized carbons (Fsp3) is 0.867. The highest BCUT2D eigenvalue weighted by atomic mass is 79.9. The second-order valence-electron chi connectivity index (χ2n) is 4.28. The Hall–Kier alpha value is 0.140. The van der Waals surface area contributed by atoms with E-state index in [1.165, 1.54) is 32.1 Å². The average Bonchev–Trinajstić information content (AvgIpc) is 2.37. The molecule has 0 saturated heterocycles. The Morgan fingerprint density at radius 2 is 1.50 bits per heavy atom. The zero-order chi connectivity index (χ0) is 13.5. The Kier molecular flexibility index (Phi) is 15.3. The molecule has 2 nitrogen and oxygen atoms in total. The van der Waals surface area contributed by atoms with Gasteiger partial charge in [-0.25, -0.2) is 0 Å². The van der Waals surface area contributed by atoms with Crippen molar-refractivity contribution in [1.82, 2.24) is 0 Å². The monoisotopic (exact) mass is 320 g/mol. The van der Waals surface area contributed by atoms with Crippen LogP contribution in [-0.2, 0) is 9.47 Å². The highest BCUT2D eigenvalue weighted by molar-refractivity contribution is 9.09. The van der Waals surface area contributed by atoms with E-state index in [9.17, 15) is 0 Å².